The zero-order valence-corrected chi connectivity index (χ0v) is 14.7. The molecule has 1 aromatic heterocycles. The van der Waals surface area contributed by atoms with E-state index < -0.39 is 36.3 Å². The highest BCUT2D eigenvalue weighted by molar-refractivity contribution is 6.11. The van der Waals surface area contributed by atoms with Gasteiger partial charge in [0.25, 0.3) is 11.8 Å². The summed E-state index contributed by atoms with van der Waals surface area (Å²) in [6.45, 7) is 2.47. The lowest BCUT2D eigenvalue weighted by atomic mass is 9.98. The second-order valence-electron chi connectivity index (χ2n) is 6.06. The first kappa shape index (κ1) is 18.3. The summed E-state index contributed by atoms with van der Waals surface area (Å²) in [6, 6.07) is 8.22. The van der Waals surface area contributed by atoms with Gasteiger partial charge in [0, 0.05) is 11.6 Å². The lowest BCUT2D eigenvalue weighted by Crippen LogP contribution is -2.46. The van der Waals surface area contributed by atoms with Gasteiger partial charge in [-0.1, -0.05) is 23.4 Å². The first-order chi connectivity index (χ1) is 12.8. The van der Waals surface area contributed by atoms with Crippen molar-refractivity contribution in [2.45, 2.75) is 26.4 Å². The number of nitrogens with zero attached hydrogens (tertiary/aromatic N) is 2. The predicted molar refractivity (Wildman–Crippen MR) is 91.6 cm³/mol. The van der Waals surface area contributed by atoms with E-state index in [0.29, 0.717) is 16.9 Å². The molecule has 0 aliphatic carbocycles. The van der Waals surface area contributed by atoms with Crippen molar-refractivity contribution in [3.05, 3.63) is 47.2 Å². The van der Waals surface area contributed by atoms with Crippen LogP contribution in [0.3, 0.4) is 0 Å². The maximum absolute atomic E-state index is 12.4. The summed E-state index contributed by atoms with van der Waals surface area (Å²) in [5.74, 6) is -1.83. The van der Waals surface area contributed by atoms with Crippen LogP contribution in [0.4, 0.5) is 5.82 Å². The number of ether oxygens (including phenoxy) is 1. The van der Waals surface area contributed by atoms with E-state index >= 15 is 0 Å². The van der Waals surface area contributed by atoms with Crippen LogP contribution in [0.2, 0.25) is 0 Å². The molecular formula is C18H17N3O6. The minimum atomic E-state index is -1.14. The maximum atomic E-state index is 12.4. The molecule has 0 bridgehead atoms. The molecule has 1 atom stereocenters. The Bertz CT molecular complexity index is 919. The number of anilines is 1. The minimum absolute atomic E-state index is 0.0245. The van der Waals surface area contributed by atoms with Crippen molar-refractivity contribution in [3.63, 3.8) is 0 Å². The SMILES string of the molecule is Cc1cc(NC(=O)[C@H](C)OC(=O)CN2C(=O)Cc3ccccc3C2=O)no1. The number of fused-ring (bicyclic) bond motifs is 1. The summed E-state index contributed by atoms with van der Waals surface area (Å²) >= 11 is 0. The summed E-state index contributed by atoms with van der Waals surface area (Å²) in [7, 11) is 0. The van der Waals surface area contributed by atoms with Gasteiger partial charge in [0.1, 0.15) is 12.3 Å². The third-order valence-corrected chi connectivity index (χ3v) is 3.98. The van der Waals surface area contributed by atoms with E-state index in [-0.39, 0.29) is 12.2 Å². The Morgan fingerprint density at radius 2 is 2.07 bits per heavy atom. The van der Waals surface area contributed by atoms with Gasteiger partial charge in [0.2, 0.25) is 5.91 Å². The van der Waals surface area contributed by atoms with E-state index in [2.05, 4.69) is 10.5 Å². The van der Waals surface area contributed by atoms with Crippen molar-refractivity contribution in [1.82, 2.24) is 10.1 Å². The normalized spacial score (nSPS) is 14.5. The van der Waals surface area contributed by atoms with Crippen molar-refractivity contribution in [3.8, 4) is 0 Å². The number of carbonyl (C=O) groups excluding carboxylic acids is 4. The average Bonchev–Trinajstić information content (AvgIpc) is 3.03. The molecule has 1 aliphatic rings. The van der Waals surface area contributed by atoms with Crippen molar-refractivity contribution in [2.75, 3.05) is 11.9 Å². The average molecular weight is 371 g/mol. The van der Waals surface area contributed by atoms with Gasteiger partial charge >= 0.3 is 5.97 Å². The lowest BCUT2D eigenvalue weighted by molar-refractivity contribution is -0.155. The van der Waals surface area contributed by atoms with Gasteiger partial charge in [-0.05, 0) is 25.5 Å². The summed E-state index contributed by atoms with van der Waals surface area (Å²) < 4.78 is 9.85. The minimum Gasteiger partial charge on any atom is -0.451 e. The number of carbonyl (C=O) groups is 4. The zero-order valence-electron chi connectivity index (χ0n) is 14.7. The van der Waals surface area contributed by atoms with Crippen LogP contribution >= 0.6 is 0 Å². The number of hydrogen-bond donors (Lipinski definition) is 1. The van der Waals surface area contributed by atoms with Crippen molar-refractivity contribution in [1.29, 1.82) is 0 Å². The van der Waals surface area contributed by atoms with E-state index in [1.165, 1.54) is 13.0 Å². The van der Waals surface area contributed by atoms with Crippen LogP contribution in [-0.4, -0.2) is 46.4 Å². The van der Waals surface area contributed by atoms with Crippen molar-refractivity contribution >= 4 is 29.5 Å². The van der Waals surface area contributed by atoms with E-state index in [1.54, 1.807) is 31.2 Å². The molecule has 140 valence electrons. The number of imide groups is 1. The largest absolute Gasteiger partial charge is 0.451 e. The molecule has 0 spiro atoms. The number of esters is 1. The van der Waals surface area contributed by atoms with Gasteiger partial charge in [-0.15, -0.1) is 0 Å². The van der Waals surface area contributed by atoms with Crippen LogP contribution in [0.5, 0.6) is 0 Å². The molecule has 1 aliphatic heterocycles. The van der Waals surface area contributed by atoms with Crippen LogP contribution in [0.15, 0.2) is 34.9 Å². The molecular weight excluding hydrogens is 354 g/mol. The quantitative estimate of drug-likeness (QED) is 0.617. The highest BCUT2D eigenvalue weighted by atomic mass is 16.5. The number of rotatable bonds is 5. The van der Waals surface area contributed by atoms with Gasteiger partial charge in [-0.25, -0.2) is 0 Å². The fourth-order valence-corrected chi connectivity index (χ4v) is 2.63. The predicted octanol–water partition coefficient (Wildman–Crippen LogP) is 1.08. The molecule has 0 unspecified atom stereocenters. The Kier molecular flexibility index (Phi) is 5.02. The fourth-order valence-electron chi connectivity index (χ4n) is 2.63. The number of aromatic nitrogens is 1. The number of benzene rings is 1. The third kappa shape index (κ3) is 4.02. The molecule has 2 heterocycles. The fraction of sp³-hybridized carbons (Fsp3) is 0.278. The van der Waals surface area contributed by atoms with E-state index in [9.17, 15) is 19.2 Å². The maximum Gasteiger partial charge on any atom is 0.326 e. The van der Waals surface area contributed by atoms with E-state index in [0.717, 1.165) is 4.90 Å². The second-order valence-corrected chi connectivity index (χ2v) is 6.06. The van der Waals surface area contributed by atoms with E-state index in [4.69, 9.17) is 9.26 Å². The Morgan fingerprint density at radius 1 is 1.33 bits per heavy atom. The van der Waals surface area contributed by atoms with Crippen LogP contribution in [0, 0.1) is 6.92 Å². The van der Waals surface area contributed by atoms with Crippen LogP contribution in [0.25, 0.3) is 0 Å². The molecule has 0 radical (unpaired) electrons. The summed E-state index contributed by atoms with van der Waals surface area (Å²) in [4.78, 5) is 49.5. The molecule has 0 fully saturated rings. The van der Waals surface area contributed by atoms with Crippen molar-refractivity contribution in [2.24, 2.45) is 0 Å². The van der Waals surface area contributed by atoms with E-state index in [1.807, 2.05) is 0 Å². The Balaban J connectivity index is 1.59. The van der Waals surface area contributed by atoms with Gasteiger partial charge < -0.3 is 14.6 Å². The second kappa shape index (κ2) is 7.40. The molecule has 0 saturated carbocycles. The molecule has 1 N–H and O–H groups in total. The Hall–Kier alpha value is -3.49. The monoisotopic (exact) mass is 371 g/mol. The Labute approximate surface area is 154 Å². The van der Waals surface area contributed by atoms with Crippen LogP contribution in [-0.2, 0) is 25.5 Å². The van der Waals surface area contributed by atoms with Crippen molar-refractivity contribution < 1.29 is 28.4 Å². The highest BCUT2D eigenvalue weighted by Gasteiger charge is 2.33. The molecule has 9 nitrogen and oxygen atoms in total. The summed E-state index contributed by atoms with van der Waals surface area (Å²) in [5, 5.41) is 6.04. The molecule has 3 rings (SSSR count). The third-order valence-electron chi connectivity index (χ3n) is 3.98. The zero-order chi connectivity index (χ0) is 19.6. The molecule has 9 heteroatoms. The number of hydrogen-bond acceptors (Lipinski definition) is 7. The molecule has 3 amide bonds. The smallest absolute Gasteiger partial charge is 0.326 e. The number of amides is 3. The Morgan fingerprint density at radius 3 is 2.78 bits per heavy atom. The topological polar surface area (TPSA) is 119 Å². The van der Waals surface area contributed by atoms with Crippen LogP contribution in [0.1, 0.15) is 28.6 Å². The van der Waals surface area contributed by atoms with Gasteiger partial charge in [0.05, 0.1) is 6.42 Å². The lowest BCUT2D eigenvalue weighted by Gasteiger charge is -2.26. The van der Waals surface area contributed by atoms with Gasteiger partial charge in [-0.2, -0.15) is 0 Å². The molecule has 27 heavy (non-hydrogen) atoms. The first-order valence-electron chi connectivity index (χ1n) is 8.21. The summed E-state index contributed by atoms with van der Waals surface area (Å²) in [5.41, 5.74) is 0.991. The number of aryl methyl sites for hydroxylation is 1. The van der Waals surface area contributed by atoms with Gasteiger partial charge in [0.15, 0.2) is 11.9 Å². The molecule has 0 saturated heterocycles. The van der Waals surface area contributed by atoms with Crippen LogP contribution < -0.4 is 5.32 Å². The number of nitrogens with one attached hydrogen (secondary N) is 1. The standard InChI is InChI=1S/C18H17N3O6/c1-10-7-14(20-27-10)19-17(24)11(2)26-16(23)9-21-15(22)8-12-5-3-4-6-13(12)18(21)25/h3-7,11H,8-9H2,1-2H3,(H,19,20,24)/t11-/m0/s1. The van der Waals surface area contributed by atoms with Gasteiger partial charge in [-0.3, -0.25) is 24.1 Å². The first-order valence-corrected chi connectivity index (χ1v) is 8.21. The highest BCUT2D eigenvalue weighted by Crippen LogP contribution is 2.19. The summed E-state index contributed by atoms with van der Waals surface area (Å²) in [6.07, 6.45) is -1.12. The molecule has 1 aromatic carbocycles. The molecule has 2 aromatic rings.